The first-order valence-corrected chi connectivity index (χ1v) is 7.14. The van der Waals surface area contributed by atoms with Crippen LogP contribution in [0, 0.1) is 5.82 Å². The Bertz CT molecular complexity index is 623. The molecule has 0 radical (unpaired) electrons. The molecule has 0 atom stereocenters. The van der Waals surface area contributed by atoms with Gasteiger partial charge in [-0.15, -0.1) is 0 Å². The third-order valence-electron chi connectivity index (χ3n) is 2.87. The van der Waals surface area contributed by atoms with Gasteiger partial charge in [0.25, 0.3) is 0 Å². The molecule has 3 nitrogen and oxygen atoms in total. The average molecular weight is 308 g/mol. The molecule has 0 aliphatic heterocycles. The maximum atomic E-state index is 14.4. The van der Waals surface area contributed by atoms with Crippen LogP contribution in [0.25, 0.3) is 0 Å². The fraction of sp³-hybridized carbons (Fsp3) is 0.312. The molecule has 112 valence electrons. The smallest absolute Gasteiger partial charge is 0.170 e. The minimum atomic E-state index is -0.353. The minimum absolute atomic E-state index is 0.0732. The summed E-state index contributed by atoms with van der Waals surface area (Å²) in [7, 11) is 0. The molecule has 0 aliphatic carbocycles. The standard InChI is InChI=1S/C16H19ClFN3/c1-16(2,3)20-10-11-7-8-19-15(14(11)18)21-13-6-4-5-12(17)9-13/h4-9,20H,10H2,1-3H3,(H,19,21). The van der Waals surface area contributed by atoms with Crippen molar-refractivity contribution in [3.05, 3.63) is 52.9 Å². The van der Waals surface area contributed by atoms with E-state index in [4.69, 9.17) is 11.6 Å². The van der Waals surface area contributed by atoms with Gasteiger partial charge in [0.05, 0.1) is 0 Å². The highest BCUT2D eigenvalue weighted by atomic mass is 35.5. The van der Waals surface area contributed by atoms with Crippen molar-refractivity contribution in [1.29, 1.82) is 0 Å². The van der Waals surface area contributed by atoms with Crippen LogP contribution in [-0.2, 0) is 6.54 Å². The molecule has 21 heavy (non-hydrogen) atoms. The summed E-state index contributed by atoms with van der Waals surface area (Å²) in [6.45, 7) is 6.56. The lowest BCUT2D eigenvalue weighted by Gasteiger charge is -2.21. The molecule has 1 aromatic carbocycles. The van der Waals surface area contributed by atoms with Crippen LogP contribution in [0.4, 0.5) is 15.9 Å². The summed E-state index contributed by atoms with van der Waals surface area (Å²) >= 11 is 5.92. The molecular formula is C16H19ClFN3. The molecule has 5 heteroatoms. The van der Waals surface area contributed by atoms with E-state index in [0.717, 1.165) is 0 Å². The number of nitrogens with one attached hydrogen (secondary N) is 2. The molecule has 1 aromatic heterocycles. The molecule has 0 bridgehead atoms. The van der Waals surface area contributed by atoms with Gasteiger partial charge in [0.1, 0.15) is 0 Å². The van der Waals surface area contributed by atoms with Crippen LogP contribution >= 0.6 is 11.6 Å². The van der Waals surface area contributed by atoms with E-state index in [1.165, 1.54) is 0 Å². The zero-order chi connectivity index (χ0) is 15.5. The van der Waals surface area contributed by atoms with Gasteiger partial charge < -0.3 is 10.6 Å². The van der Waals surface area contributed by atoms with Crippen molar-refractivity contribution in [2.24, 2.45) is 0 Å². The van der Waals surface area contributed by atoms with Crippen molar-refractivity contribution in [2.45, 2.75) is 32.9 Å². The van der Waals surface area contributed by atoms with Crippen LogP contribution in [0.5, 0.6) is 0 Å². The monoisotopic (exact) mass is 307 g/mol. The Morgan fingerprint density at radius 1 is 1.24 bits per heavy atom. The average Bonchev–Trinajstić information content (AvgIpc) is 2.39. The zero-order valence-electron chi connectivity index (χ0n) is 12.4. The molecule has 1 heterocycles. The number of aromatic nitrogens is 1. The molecule has 0 spiro atoms. The minimum Gasteiger partial charge on any atom is -0.338 e. The molecule has 2 aromatic rings. The van der Waals surface area contributed by atoms with Gasteiger partial charge in [-0.3, -0.25) is 0 Å². The van der Waals surface area contributed by atoms with E-state index in [1.807, 2.05) is 26.8 Å². The second-order valence-corrected chi connectivity index (χ2v) is 6.31. The summed E-state index contributed by atoms with van der Waals surface area (Å²) in [4.78, 5) is 4.05. The van der Waals surface area contributed by atoms with Gasteiger partial charge in [0.2, 0.25) is 0 Å². The summed E-state index contributed by atoms with van der Waals surface area (Å²) < 4.78 is 14.4. The number of hydrogen-bond donors (Lipinski definition) is 2. The first-order valence-electron chi connectivity index (χ1n) is 6.76. The summed E-state index contributed by atoms with van der Waals surface area (Å²) in [5, 5.41) is 6.80. The van der Waals surface area contributed by atoms with E-state index in [-0.39, 0.29) is 17.2 Å². The lowest BCUT2D eigenvalue weighted by atomic mass is 10.1. The Hall–Kier alpha value is -1.65. The number of anilines is 2. The van der Waals surface area contributed by atoms with E-state index in [0.29, 0.717) is 22.8 Å². The van der Waals surface area contributed by atoms with Crippen molar-refractivity contribution in [3.63, 3.8) is 0 Å². The Kier molecular flexibility index (Phi) is 4.80. The molecule has 2 N–H and O–H groups in total. The van der Waals surface area contributed by atoms with Crippen molar-refractivity contribution in [3.8, 4) is 0 Å². The molecule has 2 rings (SSSR count). The van der Waals surface area contributed by atoms with Gasteiger partial charge >= 0.3 is 0 Å². The third kappa shape index (κ3) is 4.69. The second kappa shape index (κ2) is 6.41. The highest BCUT2D eigenvalue weighted by Gasteiger charge is 2.13. The molecule has 0 amide bonds. The zero-order valence-corrected chi connectivity index (χ0v) is 13.1. The number of hydrogen-bond acceptors (Lipinski definition) is 3. The van der Waals surface area contributed by atoms with E-state index in [1.54, 1.807) is 30.5 Å². The SMILES string of the molecule is CC(C)(C)NCc1ccnc(Nc2cccc(Cl)c2)c1F. The van der Waals surface area contributed by atoms with Gasteiger partial charge in [-0.1, -0.05) is 17.7 Å². The highest BCUT2D eigenvalue weighted by Crippen LogP contribution is 2.22. The van der Waals surface area contributed by atoms with Crippen molar-refractivity contribution in [1.82, 2.24) is 10.3 Å². The summed E-state index contributed by atoms with van der Waals surface area (Å²) in [5.41, 5.74) is 1.20. The van der Waals surface area contributed by atoms with Crippen LogP contribution in [0.15, 0.2) is 36.5 Å². The number of rotatable bonds is 4. The van der Waals surface area contributed by atoms with E-state index >= 15 is 0 Å². The van der Waals surface area contributed by atoms with E-state index < -0.39 is 0 Å². The molecule has 0 unspecified atom stereocenters. The van der Waals surface area contributed by atoms with Crippen molar-refractivity contribution in [2.75, 3.05) is 5.32 Å². The van der Waals surface area contributed by atoms with Crippen LogP contribution in [0.3, 0.4) is 0 Å². The normalized spacial score (nSPS) is 11.5. The highest BCUT2D eigenvalue weighted by molar-refractivity contribution is 6.30. The number of benzene rings is 1. The lowest BCUT2D eigenvalue weighted by molar-refractivity contribution is 0.418. The number of nitrogens with zero attached hydrogens (tertiary/aromatic N) is 1. The molecule has 0 aliphatic rings. The molecular weight excluding hydrogens is 289 g/mol. The van der Waals surface area contributed by atoms with E-state index in [2.05, 4.69) is 15.6 Å². The number of halogens is 2. The maximum absolute atomic E-state index is 14.4. The topological polar surface area (TPSA) is 37.0 Å². The summed E-state index contributed by atoms with van der Waals surface area (Å²) in [6.07, 6.45) is 1.59. The van der Waals surface area contributed by atoms with Gasteiger partial charge in [0.15, 0.2) is 11.6 Å². The largest absolute Gasteiger partial charge is 0.338 e. The Balaban J connectivity index is 2.17. The van der Waals surface area contributed by atoms with Crippen LogP contribution in [-0.4, -0.2) is 10.5 Å². The Labute approximate surface area is 129 Å². The summed E-state index contributed by atoms with van der Waals surface area (Å²) in [6, 6.07) is 8.78. The van der Waals surface area contributed by atoms with Gasteiger partial charge in [-0.2, -0.15) is 0 Å². The lowest BCUT2D eigenvalue weighted by Crippen LogP contribution is -2.35. The first-order chi connectivity index (χ1) is 9.85. The third-order valence-corrected chi connectivity index (χ3v) is 3.10. The van der Waals surface area contributed by atoms with Crippen LogP contribution in [0.1, 0.15) is 26.3 Å². The molecule has 0 fully saturated rings. The number of pyridine rings is 1. The van der Waals surface area contributed by atoms with Crippen LogP contribution < -0.4 is 10.6 Å². The van der Waals surface area contributed by atoms with Gasteiger partial charge in [-0.25, -0.2) is 9.37 Å². The fourth-order valence-corrected chi connectivity index (χ4v) is 1.96. The molecule has 0 saturated carbocycles. The van der Waals surface area contributed by atoms with Crippen molar-refractivity contribution >= 4 is 23.1 Å². The first kappa shape index (κ1) is 15.7. The second-order valence-electron chi connectivity index (χ2n) is 5.87. The van der Waals surface area contributed by atoms with Crippen LogP contribution in [0.2, 0.25) is 5.02 Å². The quantitative estimate of drug-likeness (QED) is 0.873. The molecule has 0 saturated heterocycles. The predicted molar refractivity (Wildman–Crippen MR) is 85.5 cm³/mol. The van der Waals surface area contributed by atoms with Crippen molar-refractivity contribution < 1.29 is 4.39 Å². The Morgan fingerprint density at radius 3 is 2.67 bits per heavy atom. The fourth-order valence-electron chi connectivity index (χ4n) is 1.77. The predicted octanol–water partition coefficient (Wildman–Crippen LogP) is 4.51. The van der Waals surface area contributed by atoms with Gasteiger partial charge in [0, 0.05) is 34.6 Å². The van der Waals surface area contributed by atoms with Gasteiger partial charge in [-0.05, 0) is 45.0 Å². The summed E-state index contributed by atoms with van der Waals surface area (Å²) in [5.74, 6) is -0.153. The van der Waals surface area contributed by atoms with E-state index in [9.17, 15) is 4.39 Å². The maximum Gasteiger partial charge on any atom is 0.170 e. The Morgan fingerprint density at radius 2 is 2.00 bits per heavy atom.